The highest BCUT2D eigenvalue weighted by Crippen LogP contribution is 2.65. The van der Waals surface area contributed by atoms with E-state index in [1.165, 1.54) is 30.4 Å². The van der Waals surface area contributed by atoms with Gasteiger partial charge >= 0.3 is 0 Å². The lowest BCUT2D eigenvalue weighted by Crippen LogP contribution is -2.64. The fraction of sp³-hybridized carbons (Fsp3) is 0.519. The third kappa shape index (κ3) is 3.10. The average molecular weight is 401 g/mol. The Morgan fingerprint density at radius 1 is 0.900 bits per heavy atom. The van der Waals surface area contributed by atoms with Gasteiger partial charge in [0.05, 0.1) is 11.5 Å². The van der Waals surface area contributed by atoms with Gasteiger partial charge in [0.15, 0.2) is 0 Å². The minimum Gasteiger partial charge on any atom is -0.350 e. The number of carbonyl (C=O) groups is 1. The maximum Gasteiger partial charge on any atom is 0.226 e. The maximum atomic E-state index is 13.6. The van der Waals surface area contributed by atoms with Crippen LogP contribution in [0.3, 0.4) is 0 Å². The topological polar surface area (TPSA) is 32.3 Å². The number of nitrogens with zero attached hydrogens (tertiary/aromatic N) is 1. The van der Waals surface area contributed by atoms with Gasteiger partial charge in [-0.05, 0) is 66.9 Å². The molecule has 7 rings (SSSR count). The lowest BCUT2D eigenvalue weighted by Gasteiger charge is -2.62. The molecule has 2 atom stereocenters. The second-order valence-corrected chi connectivity index (χ2v) is 10.7. The molecule has 0 aromatic heterocycles. The van der Waals surface area contributed by atoms with E-state index < -0.39 is 0 Å². The number of benzene rings is 2. The molecule has 5 aliphatic rings. The fourth-order valence-corrected chi connectivity index (χ4v) is 7.63. The number of nitrogens with one attached hydrogen (secondary N) is 1. The maximum absolute atomic E-state index is 13.6. The van der Waals surface area contributed by atoms with Gasteiger partial charge < -0.3 is 5.32 Å². The minimum absolute atomic E-state index is 0.125. The van der Waals surface area contributed by atoms with E-state index in [1.807, 2.05) is 0 Å². The van der Waals surface area contributed by atoms with Gasteiger partial charge in [-0.25, -0.2) is 0 Å². The molecule has 2 unspecified atom stereocenters. The van der Waals surface area contributed by atoms with Crippen molar-refractivity contribution in [2.24, 2.45) is 17.3 Å². The standard InChI is InChI=1S/C27H32N2O/c30-25(28-24-17-29(18-24)16-20-7-3-1-4-8-20)27-14-21-11-22(15-27)13-26(12-21,19-27)23-9-5-2-6-10-23/h1-10,21-22,24H,11-19H2,(H,28,30). The minimum atomic E-state index is -0.125. The van der Waals surface area contributed by atoms with Crippen LogP contribution < -0.4 is 5.32 Å². The summed E-state index contributed by atoms with van der Waals surface area (Å²) in [5, 5.41) is 3.48. The molecule has 1 heterocycles. The molecular formula is C27H32N2O. The van der Waals surface area contributed by atoms with E-state index in [0.29, 0.717) is 11.9 Å². The van der Waals surface area contributed by atoms with Crippen LogP contribution in [0.25, 0.3) is 0 Å². The van der Waals surface area contributed by atoms with Crippen LogP contribution in [-0.4, -0.2) is 29.9 Å². The summed E-state index contributed by atoms with van der Waals surface area (Å²) >= 11 is 0. The third-order valence-corrected chi connectivity index (χ3v) is 8.47. The molecule has 0 radical (unpaired) electrons. The van der Waals surface area contributed by atoms with Gasteiger partial charge in [-0.1, -0.05) is 60.7 Å². The number of hydrogen-bond acceptors (Lipinski definition) is 2. The molecule has 1 aliphatic heterocycles. The number of hydrogen-bond donors (Lipinski definition) is 1. The first-order chi connectivity index (χ1) is 14.6. The van der Waals surface area contributed by atoms with Gasteiger partial charge in [0.1, 0.15) is 0 Å². The van der Waals surface area contributed by atoms with Crippen molar-refractivity contribution in [3.8, 4) is 0 Å². The first-order valence-electron chi connectivity index (χ1n) is 11.8. The molecular weight excluding hydrogens is 368 g/mol. The summed E-state index contributed by atoms with van der Waals surface area (Å²) in [5.41, 5.74) is 2.95. The molecule has 2 aromatic rings. The summed E-state index contributed by atoms with van der Waals surface area (Å²) in [4.78, 5) is 16.0. The molecule has 3 nitrogen and oxygen atoms in total. The zero-order valence-corrected chi connectivity index (χ0v) is 17.7. The van der Waals surface area contributed by atoms with Crippen LogP contribution in [0.4, 0.5) is 0 Å². The van der Waals surface area contributed by atoms with Crippen molar-refractivity contribution in [3.05, 3.63) is 71.8 Å². The summed E-state index contributed by atoms with van der Waals surface area (Å²) in [7, 11) is 0. The number of rotatable bonds is 5. The van der Waals surface area contributed by atoms with Crippen LogP contribution in [0.5, 0.6) is 0 Å². The van der Waals surface area contributed by atoms with E-state index >= 15 is 0 Å². The van der Waals surface area contributed by atoms with Gasteiger partial charge in [0.2, 0.25) is 5.91 Å². The van der Waals surface area contributed by atoms with Crippen molar-refractivity contribution >= 4 is 5.91 Å². The van der Waals surface area contributed by atoms with Crippen molar-refractivity contribution in [1.29, 1.82) is 0 Å². The van der Waals surface area contributed by atoms with Crippen LogP contribution in [0.1, 0.15) is 49.7 Å². The van der Waals surface area contributed by atoms with Gasteiger partial charge in [-0.15, -0.1) is 0 Å². The predicted molar refractivity (Wildman–Crippen MR) is 119 cm³/mol. The Morgan fingerprint density at radius 3 is 2.20 bits per heavy atom. The number of amides is 1. The van der Waals surface area contributed by atoms with Crippen LogP contribution >= 0.6 is 0 Å². The highest BCUT2D eigenvalue weighted by Gasteiger charge is 2.61. The predicted octanol–water partition coefficient (Wildman–Crippen LogP) is 4.53. The fourth-order valence-electron chi connectivity index (χ4n) is 7.63. The second-order valence-electron chi connectivity index (χ2n) is 10.7. The first-order valence-corrected chi connectivity index (χ1v) is 11.8. The van der Waals surface area contributed by atoms with Gasteiger partial charge in [-0.3, -0.25) is 9.69 Å². The first kappa shape index (κ1) is 18.6. The van der Waals surface area contributed by atoms with Gasteiger partial charge in [-0.2, -0.15) is 0 Å². The Labute approximate surface area is 179 Å². The Bertz CT molecular complexity index is 904. The normalized spacial score (nSPS) is 35.2. The molecule has 1 N–H and O–H groups in total. The highest BCUT2D eigenvalue weighted by atomic mass is 16.2. The molecule has 1 amide bonds. The molecule has 156 valence electrons. The molecule has 1 saturated heterocycles. The molecule has 2 aromatic carbocycles. The lowest BCUT2D eigenvalue weighted by molar-refractivity contribution is -0.151. The van der Waals surface area contributed by atoms with Crippen molar-refractivity contribution < 1.29 is 4.79 Å². The van der Waals surface area contributed by atoms with E-state index in [2.05, 4.69) is 70.9 Å². The van der Waals surface area contributed by atoms with Crippen molar-refractivity contribution in [3.63, 3.8) is 0 Å². The zero-order valence-electron chi connectivity index (χ0n) is 17.7. The van der Waals surface area contributed by atoms with E-state index in [9.17, 15) is 4.79 Å². The second kappa shape index (κ2) is 6.95. The Balaban J connectivity index is 1.14. The molecule has 0 spiro atoms. The summed E-state index contributed by atoms with van der Waals surface area (Å²) in [6.07, 6.45) is 7.21. The number of likely N-dealkylation sites (tertiary alicyclic amines) is 1. The van der Waals surface area contributed by atoms with Gasteiger partial charge in [0, 0.05) is 19.6 Å². The summed E-state index contributed by atoms with van der Waals surface area (Å²) in [6.45, 7) is 2.94. The van der Waals surface area contributed by atoms with Crippen molar-refractivity contribution in [1.82, 2.24) is 10.2 Å². The van der Waals surface area contributed by atoms with Gasteiger partial charge in [0.25, 0.3) is 0 Å². The monoisotopic (exact) mass is 400 g/mol. The number of carbonyl (C=O) groups excluding carboxylic acids is 1. The molecule has 4 saturated carbocycles. The zero-order chi connectivity index (χ0) is 20.2. The molecule has 5 fully saturated rings. The van der Waals surface area contributed by atoms with Crippen molar-refractivity contribution in [2.75, 3.05) is 13.1 Å². The quantitative estimate of drug-likeness (QED) is 0.800. The van der Waals surface area contributed by atoms with Crippen molar-refractivity contribution in [2.45, 2.75) is 56.5 Å². The summed E-state index contributed by atoms with van der Waals surface area (Å²) in [6, 6.07) is 22.1. The summed E-state index contributed by atoms with van der Waals surface area (Å²) in [5.74, 6) is 1.82. The largest absolute Gasteiger partial charge is 0.350 e. The molecule has 3 heteroatoms. The Hall–Kier alpha value is -2.13. The molecule has 4 aliphatic carbocycles. The Morgan fingerprint density at radius 2 is 1.53 bits per heavy atom. The average Bonchev–Trinajstić information content (AvgIpc) is 2.72. The molecule has 4 bridgehead atoms. The van der Waals surface area contributed by atoms with Crippen LogP contribution in [-0.2, 0) is 16.8 Å². The Kier molecular flexibility index (Phi) is 4.31. The SMILES string of the molecule is O=C(NC1CN(Cc2ccccc2)C1)C12CC3CC(C1)CC(c1ccccc1)(C3)C2. The van der Waals surface area contributed by atoms with E-state index in [-0.39, 0.29) is 10.8 Å². The molecule has 30 heavy (non-hydrogen) atoms. The van der Waals surface area contributed by atoms with E-state index in [1.54, 1.807) is 0 Å². The van der Waals surface area contributed by atoms with E-state index in [0.717, 1.165) is 50.7 Å². The van der Waals surface area contributed by atoms with Crippen LogP contribution in [0.2, 0.25) is 0 Å². The highest BCUT2D eigenvalue weighted by molar-refractivity contribution is 5.84. The van der Waals surface area contributed by atoms with Crippen LogP contribution in [0.15, 0.2) is 60.7 Å². The summed E-state index contributed by atoms with van der Waals surface area (Å²) < 4.78 is 0. The van der Waals surface area contributed by atoms with E-state index in [4.69, 9.17) is 0 Å². The third-order valence-electron chi connectivity index (χ3n) is 8.47. The van der Waals surface area contributed by atoms with Crippen LogP contribution in [0, 0.1) is 17.3 Å². The smallest absolute Gasteiger partial charge is 0.226 e. The lowest BCUT2D eigenvalue weighted by atomic mass is 9.42.